The van der Waals surface area contributed by atoms with Gasteiger partial charge in [0.1, 0.15) is 5.78 Å². The van der Waals surface area contributed by atoms with Gasteiger partial charge >= 0.3 is 0 Å². The minimum absolute atomic E-state index is 0.0827. The number of nitrogens with zero attached hydrogens (tertiary/aromatic N) is 1. The van der Waals surface area contributed by atoms with Crippen LogP contribution in [0.1, 0.15) is 65.7 Å². The van der Waals surface area contributed by atoms with Crippen molar-refractivity contribution < 1.29 is 19.2 Å². The van der Waals surface area contributed by atoms with Crippen LogP contribution in [0.25, 0.3) is 0 Å². The fourth-order valence-electron chi connectivity index (χ4n) is 3.97. The highest BCUT2D eigenvalue weighted by molar-refractivity contribution is 6.01. The quantitative estimate of drug-likeness (QED) is 0.620. The van der Waals surface area contributed by atoms with Crippen molar-refractivity contribution in [3.8, 4) is 0 Å². The van der Waals surface area contributed by atoms with Crippen molar-refractivity contribution in [3.63, 3.8) is 0 Å². The molecule has 2 aromatic carbocycles. The molecule has 1 unspecified atom stereocenters. The van der Waals surface area contributed by atoms with Crippen LogP contribution in [0.3, 0.4) is 0 Å². The number of rotatable bonds is 10. The third kappa shape index (κ3) is 5.69. The predicted molar refractivity (Wildman–Crippen MR) is 122 cm³/mol. The number of nitrogens with one attached hydrogen (secondary N) is 1. The number of hydrogen-bond donors (Lipinski definition) is 1. The van der Waals surface area contributed by atoms with Crippen LogP contribution in [-0.2, 0) is 33.9 Å². The lowest BCUT2D eigenvalue weighted by Crippen LogP contribution is -2.40. The summed E-state index contributed by atoms with van der Waals surface area (Å²) in [6.45, 7) is 6.05. The summed E-state index contributed by atoms with van der Waals surface area (Å²) in [6.07, 6.45) is 1.27. The standard InChI is InChI=1S/C26H30N2O4/c1-4-22(30)10-12-24(18(3)29)28-16-21-13-20(9-11-23(21)26(28)32)14-25(31)27-15-19-7-5-17(2)6-8-19/h5-9,11,13,24H,4,10,12,14-16H2,1-3H3,(H,27,31). The Morgan fingerprint density at radius 2 is 1.75 bits per heavy atom. The Balaban J connectivity index is 1.63. The first-order chi connectivity index (χ1) is 15.3. The molecule has 0 radical (unpaired) electrons. The van der Waals surface area contributed by atoms with Gasteiger partial charge in [-0.3, -0.25) is 19.2 Å². The number of amides is 2. The fraction of sp³-hybridized carbons (Fsp3) is 0.385. The molecule has 0 spiro atoms. The Morgan fingerprint density at radius 1 is 1.06 bits per heavy atom. The third-order valence-corrected chi connectivity index (χ3v) is 5.91. The maximum Gasteiger partial charge on any atom is 0.255 e. The Hall–Kier alpha value is -3.28. The first-order valence-electron chi connectivity index (χ1n) is 11.1. The molecule has 0 aromatic heterocycles. The zero-order valence-electron chi connectivity index (χ0n) is 18.9. The molecular weight excluding hydrogens is 404 g/mol. The van der Waals surface area contributed by atoms with Gasteiger partial charge in [-0.15, -0.1) is 0 Å². The van der Waals surface area contributed by atoms with Crippen LogP contribution < -0.4 is 5.32 Å². The summed E-state index contributed by atoms with van der Waals surface area (Å²) in [5.74, 6) is -0.323. The molecular formula is C26H30N2O4. The van der Waals surface area contributed by atoms with Crippen LogP contribution in [0, 0.1) is 6.92 Å². The molecule has 3 rings (SSSR count). The van der Waals surface area contributed by atoms with E-state index >= 15 is 0 Å². The summed E-state index contributed by atoms with van der Waals surface area (Å²) in [5.41, 5.74) is 4.40. The van der Waals surface area contributed by atoms with Crippen LogP contribution in [0.2, 0.25) is 0 Å². The molecule has 6 nitrogen and oxygen atoms in total. The number of ketones is 2. The highest BCUT2D eigenvalue weighted by Crippen LogP contribution is 2.28. The van der Waals surface area contributed by atoms with Crippen molar-refractivity contribution >= 4 is 23.4 Å². The van der Waals surface area contributed by atoms with Crippen LogP contribution in [0.5, 0.6) is 0 Å². The second kappa shape index (κ2) is 10.4. The van der Waals surface area contributed by atoms with Crippen LogP contribution in [0.4, 0.5) is 0 Å². The molecule has 2 aromatic rings. The van der Waals surface area contributed by atoms with E-state index in [0.717, 1.165) is 16.7 Å². The number of carbonyl (C=O) groups is 4. The highest BCUT2D eigenvalue weighted by Gasteiger charge is 2.35. The summed E-state index contributed by atoms with van der Waals surface area (Å²) in [6, 6.07) is 12.8. The first kappa shape index (κ1) is 23.4. The maximum atomic E-state index is 12.9. The molecule has 1 aliphatic rings. The molecule has 32 heavy (non-hydrogen) atoms. The number of benzene rings is 2. The van der Waals surface area contributed by atoms with Crippen LogP contribution in [0.15, 0.2) is 42.5 Å². The van der Waals surface area contributed by atoms with Gasteiger partial charge in [-0.2, -0.15) is 0 Å². The molecule has 0 bridgehead atoms. The number of aryl methyl sites for hydroxylation is 1. The second-order valence-corrected chi connectivity index (χ2v) is 8.42. The molecule has 0 fully saturated rings. The monoisotopic (exact) mass is 434 g/mol. The molecule has 0 aliphatic carbocycles. The van der Waals surface area contributed by atoms with Crippen molar-refractivity contribution in [3.05, 3.63) is 70.3 Å². The van der Waals surface area contributed by atoms with E-state index in [2.05, 4.69) is 5.32 Å². The SMILES string of the molecule is CCC(=O)CCC(C(C)=O)N1Cc2cc(CC(=O)NCc3ccc(C)cc3)ccc2C1=O. The number of fused-ring (bicyclic) bond motifs is 1. The van der Waals surface area contributed by atoms with Gasteiger partial charge in [-0.1, -0.05) is 48.9 Å². The van der Waals surface area contributed by atoms with E-state index in [1.807, 2.05) is 37.3 Å². The van der Waals surface area contributed by atoms with E-state index < -0.39 is 6.04 Å². The summed E-state index contributed by atoms with van der Waals surface area (Å²) in [7, 11) is 0. The van der Waals surface area contributed by atoms with Gasteiger partial charge in [0.25, 0.3) is 5.91 Å². The van der Waals surface area contributed by atoms with Crippen LogP contribution >= 0.6 is 0 Å². The van der Waals surface area contributed by atoms with Gasteiger partial charge in [-0.25, -0.2) is 0 Å². The normalized spacial score (nSPS) is 13.6. The van der Waals surface area contributed by atoms with E-state index in [0.29, 0.717) is 31.5 Å². The van der Waals surface area contributed by atoms with Crippen molar-refractivity contribution in [2.45, 2.75) is 65.6 Å². The van der Waals surface area contributed by atoms with Gasteiger partial charge in [-0.05, 0) is 43.0 Å². The minimum atomic E-state index is -0.605. The molecule has 1 heterocycles. The molecule has 1 atom stereocenters. The Morgan fingerprint density at radius 3 is 2.41 bits per heavy atom. The predicted octanol–water partition coefficient (Wildman–Crippen LogP) is 3.53. The number of hydrogen-bond acceptors (Lipinski definition) is 4. The molecule has 168 valence electrons. The van der Waals surface area contributed by atoms with E-state index in [9.17, 15) is 19.2 Å². The van der Waals surface area contributed by atoms with Crippen molar-refractivity contribution in [2.75, 3.05) is 0 Å². The van der Waals surface area contributed by atoms with E-state index in [4.69, 9.17) is 0 Å². The van der Waals surface area contributed by atoms with Gasteiger partial charge in [0.2, 0.25) is 5.91 Å². The average molecular weight is 435 g/mol. The van der Waals surface area contributed by atoms with Gasteiger partial charge < -0.3 is 10.2 Å². The largest absolute Gasteiger partial charge is 0.352 e. The number of carbonyl (C=O) groups excluding carboxylic acids is 4. The molecule has 0 saturated heterocycles. The molecule has 6 heteroatoms. The molecule has 1 aliphatic heterocycles. The van der Waals surface area contributed by atoms with Crippen LogP contribution in [-0.4, -0.2) is 34.3 Å². The average Bonchev–Trinajstić information content (AvgIpc) is 3.08. The van der Waals surface area contributed by atoms with Crippen molar-refractivity contribution in [2.24, 2.45) is 0 Å². The van der Waals surface area contributed by atoms with Crippen molar-refractivity contribution in [1.82, 2.24) is 10.2 Å². The fourth-order valence-corrected chi connectivity index (χ4v) is 3.97. The van der Waals surface area contributed by atoms with Gasteiger partial charge in [0, 0.05) is 31.5 Å². The zero-order chi connectivity index (χ0) is 23.3. The topological polar surface area (TPSA) is 83.6 Å². The summed E-state index contributed by atoms with van der Waals surface area (Å²) in [5, 5.41) is 2.93. The van der Waals surface area contributed by atoms with E-state index in [1.54, 1.807) is 24.0 Å². The molecule has 1 N–H and O–H groups in total. The number of Topliss-reactive ketones (excluding diaryl/α,β-unsaturated/α-hetero) is 2. The third-order valence-electron chi connectivity index (χ3n) is 5.91. The van der Waals surface area contributed by atoms with Gasteiger partial charge in [0.05, 0.1) is 12.5 Å². The lowest BCUT2D eigenvalue weighted by molar-refractivity contribution is -0.123. The summed E-state index contributed by atoms with van der Waals surface area (Å²) < 4.78 is 0. The summed E-state index contributed by atoms with van der Waals surface area (Å²) >= 11 is 0. The lowest BCUT2D eigenvalue weighted by atomic mass is 10.0. The van der Waals surface area contributed by atoms with Gasteiger partial charge in [0.15, 0.2) is 5.78 Å². The highest BCUT2D eigenvalue weighted by atomic mass is 16.2. The smallest absolute Gasteiger partial charge is 0.255 e. The van der Waals surface area contributed by atoms with E-state index in [-0.39, 0.29) is 36.2 Å². The Bertz CT molecular complexity index is 1030. The zero-order valence-corrected chi connectivity index (χ0v) is 18.9. The van der Waals surface area contributed by atoms with E-state index in [1.165, 1.54) is 12.5 Å². The Labute approximate surface area is 189 Å². The molecule has 2 amide bonds. The van der Waals surface area contributed by atoms with Crippen molar-refractivity contribution in [1.29, 1.82) is 0 Å². The summed E-state index contributed by atoms with van der Waals surface area (Å²) in [4.78, 5) is 50.7. The Kier molecular flexibility index (Phi) is 7.57. The maximum absolute atomic E-state index is 12.9. The second-order valence-electron chi connectivity index (χ2n) is 8.42. The first-order valence-corrected chi connectivity index (χ1v) is 11.1. The molecule has 0 saturated carbocycles. The lowest BCUT2D eigenvalue weighted by Gasteiger charge is -2.25. The minimum Gasteiger partial charge on any atom is -0.352 e.